The number of carbonyl (C=O) groups excluding carboxylic acids is 2. The molecule has 0 radical (unpaired) electrons. The molecule has 1 heterocycles. The summed E-state index contributed by atoms with van der Waals surface area (Å²) in [5, 5.41) is 15.8. The van der Waals surface area contributed by atoms with Gasteiger partial charge in [-0.2, -0.15) is 0 Å². The lowest BCUT2D eigenvalue weighted by molar-refractivity contribution is -0.130. The fraction of sp³-hybridized carbons (Fsp3) is 0.375. The van der Waals surface area contributed by atoms with Crippen LogP contribution >= 0.6 is 0 Å². The van der Waals surface area contributed by atoms with Gasteiger partial charge in [-0.25, -0.2) is 0 Å². The van der Waals surface area contributed by atoms with E-state index in [9.17, 15) is 14.7 Å². The van der Waals surface area contributed by atoms with E-state index in [4.69, 9.17) is 9.47 Å². The van der Waals surface area contributed by atoms with Crippen LogP contribution in [0.4, 0.5) is 5.69 Å². The van der Waals surface area contributed by atoms with Crippen molar-refractivity contribution in [1.82, 2.24) is 10.2 Å². The summed E-state index contributed by atoms with van der Waals surface area (Å²) in [6.45, 7) is 2.03. The summed E-state index contributed by atoms with van der Waals surface area (Å²) >= 11 is 0. The normalized spacial score (nSPS) is 18.6. The summed E-state index contributed by atoms with van der Waals surface area (Å²) in [5.41, 5.74) is 5.40. The lowest BCUT2D eigenvalue weighted by Crippen LogP contribution is -2.48. The van der Waals surface area contributed by atoms with Gasteiger partial charge in [0, 0.05) is 31.9 Å². The zero-order valence-corrected chi connectivity index (χ0v) is 23.1. The van der Waals surface area contributed by atoms with Gasteiger partial charge >= 0.3 is 0 Å². The SMILES string of the molecule is COc1ccc(CNC(=O)[C@H]2C[C@@H](C(=O)Nc3ccc4c(c3)CCC4)CN(Cc3ccc(O)cc3)C2)cc1OC. The van der Waals surface area contributed by atoms with Crippen molar-refractivity contribution in [3.63, 3.8) is 0 Å². The first-order valence-corrected chi connectivity index (χ1v) is 13.8. The Balaban J connectivity index is 1.28. The van der Waals surface area contributed by atoms with Gasteiger partial charge in [0.1, 0.15) is 5.75 Å². The Morgan fingerprint density at radius 1 is 0.850 bits per heavy atom. The summed E-state index contributed by atoms with van der Waals surface area (Å²) < 4.78 is 10.7. The number of benzene rings is 3. The topological polar surface area (TPSA) is 100 Å². The molecule has 1 fully saturated rings. The molecule has 210 valence electrons. The molecule has 8 heteroatoms. The van der Waals surface area contributed by atoms with Crippen molar-refractivity contribution in [3.05, 3.63) is 82.9 Å². The molecule has 0 spiro atoms. The summed E-state index contributed by atoms with van der Waals surface area (Å²) in [7, 11) is 3.17. The molecule has 3 N–H and O–H groups in total. The van der Waals surface area contributed by atoms with Crippen molar-refractivity contribution < 1.29 is 24.2 Å². The van der Waals surface area contributed by atoms with Gasteiger partial charge in [0.2, 0.25) is 11.8 Å². The van der Waals surface area contributed by atoms with Crippen molar-refractivity contribution >= 4 is 17.5 Å². The standard InChI is InChI=1S/C32H37N3O5/c1-39-29-13-8-22(14-30(29)40-2)17-33-31(37)25-15-26(20-35(19-25)18-21-6-11-28(36)12-7-21)32(38)34-27-10-9-23-4-3-5-24(23)16-27/h6-14,16,25-26,36H,3-5,15,17-20H2,1-2H3,(H,33,37)(H,34,38)/t25-,26+/m0/s1. The predicted octanol–water partition coefficient (Wildman–Crippen LogP) is 4.29. The van der Waals surface area contributed by atoms with E-state index in [0.717, 1.165) is 36.1 Å². The smallest absolute Gasteiger partial charge is 0.228 e. The molecule has 2 atom stereocenters. The minimum Gasteiger partial charge on any atom is -0.508 e. The highest BCUT2D eigenvalue weighted by Crippen LogP contribution is 2.29. The Kier molecular flexibility index (Phi) is 8.55. The molecular weight excluding hydrogens is 506 g/mol. The van der Waals surface area contributed by atoms with E-state index < -0.39 is 0 Å². The van der Waals surface area contributed by atoms with Gasteiger partial charge in [-0.3, -0.25) is 14.5 Å². The molecule has 2 aliphatic rings. The van der Waals surface area contributed by atoms with Crippen LogP contribution in [-0.2, 0) is 35.5 Å². The number of likely N-dealkylation sites (tertiary alicyclic amines) is 1. The minimum absolute atomic E-state index is 0.0638. The Labute approximate surface area is 235 Å². The van der Waals surface area contributed by atoms with Crippen LogP contribution in [0.1, 0.15) is 35.1 Å². The van der Waals surface area contributed by atoms with Gasteiger partial charge in [0.05, 0.1) is 26.1 Å². The molecule has 8 nitrogen and oxygen atoms in total. The van der Waals surface area contributed by atoms with E-state index >= 15 is 0 Å². The first-order chi connectivity index (χ1) is 19.4. The fourth-order valence-corrected chi connectivity index (χ4v) is 5.78. The van der Waals surface area contributed by atoms with Crippen LogP contribution in [0.25, 0.3) is 0 Å². The lowest BCUT2D eigenvalue weighted by atomic mass is 9.87. The number of rotatable bonds is 9. The Bertz CT molecular complexity index is 1360. The maximum absolute atomic E-state index is 13.5. The maximum Gasteiger partial charge on any atom is 0.228 e. The second-order valence-corrected chi connectivity index (χ2v) is 10.7. The Hall–Kier alpha value is -4.04. The highest BCUT2D eigenvalue weighted by atomic mass is 16.5. The van der Waals surface area contributed by atoms with E-state index in [1.807, 2.05) is 36.4 Å². The Morgan fingerprint density at radius 2 is 1.55 bits per heavy atom. The van der Waals surface area contributed by atoms with Gasteiger partial charge in [0.25, 0.3) is 0 Å². The van der Waals surface area contributed by atoms with Crippen LogP contribution < -0.4 is 20.1 Å². The van der Waals surface area contributed by atoms with Crippen LogP contribution in [-0.4, -0.2) is 49.1 Å². The molecule has 1 aliphatic carbocycles. The van der Waals surface area contributed by atoms with Crippen molar-refractivity contribution in [1.29, 1.82) is 0 Å². The molecule has 0 unspecified atom stereocenters. The number of carbonyl (C=O) groups is 2. The molecule has 1 saturated heterocycles. The number of piperidine rings is 1. The number of aryl methyl sites for hydroxylation is 2. The highest BCUT2D eigenvalue weighted by Gasteiger charge is 2.35. The number of phenolic OH excluding ortho intramolecular Hbond substituents is 1. The molecular formula is C32H37N3O5. The maximum atomic E-state index is 13.5. The summed E-state index contributed by atoms with van der Waals surface area (Å²) in [5.74, 6) is 0.618. The number of ether oxygens (including phenoxy) is 2. The van der Waals surface area contributed by atoms with Crippen molar-refractivity contribution in [3.8, 4) is 17.2 Å². The Morgan fingerprint density at radius 3 is 2.30 bits per heavy atom. The first-order valence-electron chi connectivity index (χ1n) is 13.8. The number of nitrogens with zero attached hydrogens (tertiary/aromatic N) is 1. The van der Waals surface area contributed by atoms with Crippen LogP contribution in [0, 0.1) is 11.8 Å². The molecule has 5 rings (SSSR count). The minimum atomic E-state index is -0.346. The number of amides is 2. The molecule has 40 heavy (non-hydrogen) atoms. The quantitative estimate of drug-likeness (QED) is 0.372. The zero-order chi connectivity index (χ0) is 28.1. The van der Waals surface area contributed by atoms with Gasteiger partial charge in [-0.1, -0.05) is 24.3 Å². The molecule has 2 amide bonds. The predicted molar refractivity (Wildman–Crippen MR) is 153 cm³/mol. The second-order valence-electron chi connectivity index (χ2n) is 10.7. The molecule has 1 aliphatic heterocycles. The third-order valence-electron chi connectivity index (χ3n) is 7.89. The number of aromatic hydroxyl groups is 1. The van der Waals surface area contributed by atoms with E-state index in [1.165, 1.54) is 11.1 Å². The lowest BCUT2D eigenvalue weighted by Gasteiger charge is -2.36. The zero-order valence-electron chi connectivity index (χ0n) is 23.1. The van der Waals surface area contributed by atoms with Gasteiger partial charge in [-0.05, 0) is 84.3 Å². The summed E-state index contributed by atoms with van der Waals surface area (Å²) in [4.78, 5) is 29.0. The number of hydrogen-bond donors (Lipinski definition) is 3. The number of fused-ring (bicyclic) bond motifs is 1. The molecule has 3 aromatic rings. The van der Waals surface area contributed by atoms with Crippen LogP contribution in [0.2, 0.25) is 0 Å². The number of methoxy groups -OCH3 is 2. The van der Waals surface area contributed by atoms with E-state index in [0.29, 0.717) is 44.1 Å². The average Bonchev–Trinajstić information content (AvgIpc) is 3.44. The van der Waals surface area contributed by atoms with Crippen molar-refractivity contribution in [2.75, 3.05) is 32.6 Å². The molecule has 3 aromatic carbocycles. The van der Waals surface area contributed by atoms with Crippen LogP contribution in [0.15, 0.2) is 60.7 Å². The average molecular weight is 544 g/mol. The van der Waals surface area contributed by atoms with E-state index in [-0.39, 0.29) is 29.4 Å². The first kappa shape index (κ1) is 27.5. The largest absolute Gasteiger partial charge is 0.508 e. The molecule has 0 aromatic heterocycles. The van der Waals surface area contributed by atoms with Gasteiger partial charge < -0.3 is 25.2 Å². The fourth-order valence-electron chi connectivity index (χ4n) is 5.78. The number of anilines is 1. The van der Waals surface area contributed by atoms with E-state index in [2.05, 4.69) is 27.7 Å². The van der Waals surface area contributed by atoms with Crippen LogP contribution in [0.3, 0.4) is 0 Å². The summed E-state index contributed by atoms with van der Waals surface area (Å²) in [6, 6.07) is 18.8. The monoisotopic (exact) mass is 543 g/mol. The highest BCUT2D eigenvalue weighted by molar-refractivity contribution is 5.93. The third-order valence-corrected chi connectivity index (χ3v) is 7.89. The van der Waals surface area contributed by atoms with Crippen molar-refractivity contribution in [2.45, 2.75) is 38.8 Å². The second kappa shape index (κ2) is 12.4. The number of phenols is 1. The van der Waals surface area contributed by atoms with Crippen LogP contribution in [0.5, 0.6) is 17.2 Å². The summed E-state index contributed by atoms with van der Waals surface area (Å²) in [6.07, 6.45) is 3.77. The van der Waals surface area contributed by atoms with Crippen molar-refractivity contribution in [2.24, 2.45) is 11.8 Å². The molecule has 0 bridgehead atoms. The third kappa shape index (κ3) is 6.57. The van der Waals surface area contributed by atoms with Gasteiger partial charge in [-0.15, -0.1) is 0 Å². The van der Waals surface area contributed by atoms with Gasteiger partial charge in [0.15, 0.2) is 11.5 Å². The number of hydrogen-bond acceptors (Lipinski definition) is 6. The molecule has 0 saturated carbocycles. The number of nitrogens with one attached hydrogen (secondary N) is 2. The van der Waals surface area contributed by atoms with E-state index in [1.54, 1.807) is 26.4 Å².